The highest BCUT2D eigenvalue weighted by molar-refractivity contribution is 5.90. The number of aliphatic hydroxyl groups excluding tert-OH is 1. The van der Waals surface area contributed by atoms with Crippen molar-refractivity contribution in [1.82, 2.24) is 10.5 Å². The average molecular weight is 405 g/mol. The molecule has 0 aliphatic carbocycles. The molecule has 3 N–H and O–H groups in total. The number of amides is 2. The number of para-hydroxylation sites is 2. The largest absolute Gasteiger partial charge is 0.495 e. The molecule has 1 aromatic carbocycles. The van der Waals surface area contributed by atoms with E-state index in [2.05, 4.69) is 15.8 Å². The van der Waals surface area contributed by atoms with Crippen molar-refractivity contribution < 1.29 is 28.6 Å². The van der Waals surface area contributed by atoms with Gasteiger partial charge in [0, 0.05) is 26.1 Å². The minimum Gasteiger partial charge on any atom is -0.495 e. The number of nitrogens with one attached hydrogen (secondary N) is 2. The third-order valence-electron chi connectivity index (χ3n) is 4.73. The van der Waals surface area contributed by atoms with Gasteiger partial charge < -0.3 is 34.5 Å². The molecule has 0 unspecified atom stereocenters. The van der Waals surface area contributed by atoms with Crippen LogP contribution in [-0.4, -0.2) is 55.4 Å². The minimum atomic E-state index is -0.640. The first-order valence-corrected chi connectivity index (χ1v) is 9.54. The van der Waals surface area contributed by atoms with E-state index in [1.807, 2.05) is 12.1 Å². The Morgan fingerprint density at radius 1 is 1.31 bits per heavy atom. The van der Waals surface area contributed by atoms with Crippen LogP contribution in [0.15, 0.2) is 34.9 Å². The zero-order valence-electron chi connectivity index (χ0n) is 16.6. The Morgan fingerprint density at radius 3 is 2.93 bits per heavy atom. The molecular formula is C20H27N3O6. The molecule has 1 aliphatic heterocycles. The van der Waals surface area contributed by atoms with Crippen LogP contribution in [0.1, 0.15) is 24.3 Å². The van der Waals surface area contributed by atoms with Gasteiger partial charge in [-0.1, -0.05) is 17.3 Å². The van der Waals surface area contributed by atoms with Gasteiger partial charge in [0.15, 0.2) is 5.76 Å². The van der Waals surface area contributed by atoms with Crippen LogP contribution in [0.4, 0.5) is 10.5 Å². The second-order valence-electron chi connectivity index (χ2n) is 6.90. The summed E-state index contributed by atoms with van der Waals surface area (Å²) >= 11 is 0. The van der Waals surface area contributed by atoms with Gasteiger partial charge in [0.25, 0.3) is 0 Å². The number of methoxy groups -OCH3 is 2. The third-order valence-corrected chi connectivity index (χ3v) is 4.73. The lowest BCUT2D eigenvalue weighted by Crippen LogP contribution is -2.47. The van der Waals surface area contributed by atoms with Crippen LogP contribution in [0.5, 0.6) is 5.75 Å². The van der Waals surface area contributed by atoms with Gasteiger partial charge in [-0.25, -0.2) is 4.79 Å². The number of urea groups is 1. The molecule has 2 aromatic rings. The zero-order chi connectivity index (χ0) is 20.6. The number of carbonyl (C=O) groups excluding carboxylic acids is 1. The molecule has 29 heavy (non-hydrogen) atoms. The summed E-state index contributed by atoms with van der Waals surface area (Å²) in [4.78, 5) is 12.2. The smallest absolute Gasteiger partial charge is 0.319 e. The highest BCUT2D eigenvalue weighted by Crippen LogP contribution is 2.24. The summed E-state index contributed by atoms with van der Waals surface area (Å²) in [7, 11) is 3.13. The van der Waals surface area contributed by atoms with Crippen molar-refractivity contribution in [2.24, 2.45) is 0 Å². The SMILES string of the molecule is COCc1cc(C[C@@H]2CC[C@H](O)[C@@H](CNC(=O)Nc3ccccc3OC)O2)no1. The van der Waals surface area contributed by atoms with E-state index < -0.39 is 18.2 Å². The maximum atomic E-state index is 12.2. The van der Waals surface area contributed by atoms with Crippen LogP contribution in [0.25, 0.3) is 0 Å². The molecule has 9 heteroatoms. The predicted octanol–water partition coefficient (Wildman–Crippen LogP) is 2.10. The number of anilines is 1. The Hall–Kier alpha value is -2.62. The summed E-state index contributed by atoms with van der Waals surface area (Å²) < 4.78 is 21.4. The van der Waals surface area contributed by atoms with Gasteiger partial charge in [0.2, 0.25) is 0 Å². The van der Waals surface area contributed by atoms with Gasteiger partial charge in [0.1, 0.15) is 18.5 Å². The molecule has 158 valence electrons. The third kappa shape index (κ3) is 5.93. The molecule has 0 radical (unpaired) electrons. The van der Waals surface area contributed by atoms with Gasteiger partial charge >= 0.3 is 6.03 Å². The highest BCUT2D eigenvalue weighted by atomic mass is 16.5. The maximum absolute atomic E-state index is 12.2. The van der Waals surface area contributed by atoms with E-state index in [0.29, 0.717) is 43.1 Å². The average Bonchev–Trinajstić information content (AvgIpc) is 3.16. The number of ether oxygens (including phenoxy) is 3. The van der Waals surface area contributed by atoms with Crippen molar-refractivity contribution in [3.05, 3.63) is 41.8 Å². The summed E-state index contributed by atoms with van der Waals surface area (Å²) in [6.07, 6.45) is 0.625. The Morgan fingerprint density at radius 2 is 2.14 bits per heavy atom. The Kier molecular flexibility index (Phi) is 7.45. The number of aliphatic hydroxyl groups is 1. The zero-order valence-corrected chi connectivity index (χ0v) is 16.6. The molecule has 3 rings (SSSR count). The van der Waals surface area contributed by atoms with E-state index >= 15 is 0 Å². The van der Waals surface area contributed by atoms with Crippen molar-refractivity contribution in [1.29, 1.82) is 0 Å². The summed E-state index contributed by atoms with van der Waals surface area (Å²) in [5, 5.41) is 19.7. The molecule has 1 fully saturated rings. The van der Waals surface area contributed by atoms with E-state index in [0.717, 1.165) is 5.69 Å². The molecular weight excluding hydrogens is 378 g/mol. The van der Waals surface area contributed by atoms with Crippen molar-refractivity contribution >= 4 is 11.7 Å². The molecule has 0 spiro atoms. The normalized spacial score (nSPS) is 21.6. The standard InChI is InChI=1S/C20H27N3O6/c1-26-12-15-10-13(23-29-15)9-14-7-8-17(24)19(28-14)11-21-20(25)22-16-5-3-4-6-18(16)27-2/h3-6,10,14,17,19,24H,7-9,11-12H2,1-2H3,(H2,21,22,25)/t14-,17-,19+/m0/s1. The van der Waals surface area contributed by atoms with Crippen molar-refractivity contribution in [3.8, 4) is 5.75 Å². The van der Waals surface area contributed by atoms with E-state index in [9.17, 15) is 9.90 Å². The number of carbonyl (C=O) groups is 1. The fraction of sp³-hybridized carbons (Fsp3) is 0.500. The quantitative estimate of drug-likeness (QED) is 0.616. The van der Waals surface area contributed by atoms with Gasteiger partial charge in [-0.2, -0.15) is 0 Å². The lowest BCUT2D eigenvalue weighted by Gasteiger charge is -2.33. The lowest BCUT2D eigenvalue weighted by molar-refractivity contribution is -0.113. The first-order chi connectivity index (χ1) is 14.1. The van der Waals surface area contributed by atoms with Crippen molar-refractivity contribution in [2.45, 2.75) is 44.2 Å². The second kappa shape index (κ2) is 10.2. The van der Waals surface area contributed by atoms with Gasteiger partial charge in [-0.15, -0.1) is 0 Å². The van der Waals surface area contributed by atoms with Gasteiger partial charge in [0.05, 0.1) is 30.7 Å². The Bertz CT molecular complexity index is 796. The van der Waals surface area contributed by atoms with E-state index in [1.54, 1.807) is 25.3 Å². The van der Waals surface area contributed by atoms with Crippen LogP contribution in [-0.2, 0) is 22.5 Å². The molecule has 9 nitrogen and oxygen atoms in total. The van der Waals surface area contributed by atoms with E-state index in [4.69, 9.17) is 18.7 Å². The molecule has 1 saturated heterocycles. The predicted molar refractivity (Wildman–Crippen MR) is 105 cm³/mol. The Balaban J connectivity index is 1.49. The summed E-state index contributed by atoms with van der Waals surface area (Å²) in [6, 6.07) is 8.58. The van der Waals surface area contributed by atoms with Crippen molar-refractivity contribution in [3.63, 3.8) is 0 Å². The fourth-order valence-electron chi connectivity index (χ4n) is 3.29. The molecule has 2 amide bonds. The van der Waals surface area contributed by atoms with Crippen molar-refractivity contribution in [2.75, 3.05) is 26.1 Å². The number of aromatic nitrogens is 1. The molecule has 0 saturated carbocycles. The van der Waals surface area contributed by atoms with Gasteiger partial charge in [-0.05, 0) is 25.0 Å². The minimum absolute atomic E-state index is 0.108. The maximum Gasteiger partial charge on any atom is 0.319 e. The number of hydrogen-bond donors (Lipinski definition) is 3. The first kappa shape index (κ1) is 21.1. The number of rotatable bonds is 8. The molecule has 1 aliphatic rings. The summed E-state index contributed by atoms with van der Waals surface area (Å²) in [6.45, 7) is 0.553. The Labute approximate surface area is 169 Å². The number of benzene rings is 1. The van der Waals surface area contributed by atoms with Crippen LogP contribution < -0.4 is 15.4 Å². The summed E-state index contributed by atoms with van der Waals surface area (Å²) in [5.74, 6) is 1.22. The van der Waals surface area contributed by atoms with Crippen LogP contribution >= 0.6 is 0 Å². The monoisotopic (exact) mass is 405 g/mol. The molecule has 0 bridgehead atoms. The number of nitrogens with zero attached hydrogens (tertiary/aromatic N) is 1. The lowest BCUT2D eigenvalue weighted by atomic mass is 9.98. The summed E-state index contributed by atoms with van der Waals surface area (Å²) in [5.41, 5.74) is 1.34. The molecule has 2 heterocycles. The van der Waals surface area contributed by atoms with Crippen LogP contribution in [0.2, 0.25) is 0 Å². The topological polar surface area (TPSA) is 115 Å². The number of hydrogen-bond acceptors (Lipinski definition) is 7. The van der Waals surface area contributed by atoms with Crippen LogP contribution in [0, 0.1) is 0 Å². The molecule has 1 aromatic heterocycles. The van der Waals surface area contributed by atoms with E-state index in [1.165, 1.54) is 7.11 Å². The first-order valence-electron chi connectivity index (χ1n) is 9.54. The van der Waals surface area contributed by atoms with Crippen LogP contribution in [0.3, 0.4) is 0 Å². The highest BCUT2D eigenvalue weighted by Gasteiger charge is 2.30. The fourth-order valence-corrected chi connectivity index (χ4v) is 3.29. The second-order valence-corrected chi connectivity index (χ2v) is 6.90. The van der Waals surface area contributed by atoms with E-state index in [-0.39, 0.29) is 12.6 Å². The molecule has 3 atom stereocenters. The van der Waals surface area contributed by atoms with Gasteiger partial charge in [-0.3, -0.25) is 0 Å².